The third-order valence-corrected chi connectivity index (χ3v) is 4.69. The third kappa shape index (κ3) is 3.48. The highest BCUT2D eigenvalue weighted by Crippen LogP contribution is 2.41. The summed E-state index contributed by atoms with van der Waals surface area (Å²) in [5.41, 5.74) is 0.585. The van der Waals surface area contributed by atoms with Crippen LogP contribution in [0.2, 0.25) is 0 Å². The van der Waals surface area contributed by atoms with E-state index in [0.29, 0.717) is 11.5 Å². The first-order chi connectivity index (χ1) is 8.41. The second-order valence-corrected chi connectivity index (χ2v) is 7.72. The molecule has 1 spiro atoms. The standard InChI is InChI=1S/C16H31NO/c1-13-6-5-8-16(12-13)14(17-10-11-18-16)7-9-15(2,3)4/h13-14,17H,5-12H2,1-4H3. The molecular weight excluding hydrogens is 222 g/mol. The highest BCUT2D eigenvalue weighted by Gasteiger charge is 2.44. The Morgan fingerprint density at radius 2 is 2.11 bits per heavy atom. The fraction of sp³-hybridized carbons (Fsp3) is 1.00. The first-order valence-corrected chi connectivity index (χ1v) is 7.79. The summed E-state index contributed by atoms with van der Waals surface area (Å²) in [6.45, 7) is 11.3. The van der Waals surface area contributed by atoms with Crippen molar-refractivity contribution in [3.05, 3.63) is 0 Å². The number of hydrogen-bond donors (Lipinski definition) is 1. The fourth-order valence-corrected chi connectivity index (χ4v) is 3.71. The summed E-state index contributed by atoms with van der Waals surface area (Å²) in [4.78, 5) is 0. The van der Waals surface area contributed by atoms with Crippen molar-refractivity contribution in [1.29, 1.82) is 0 Å². The van der Waals surface area contributed by atoms with E-state index in [1.165, 1.54) is 38.5 Å². The molecule has 0 bridgehead atoms. The fourth-order valence-electron chi connectivity index (χ4n) is 3.71. The number of rotatable bonds is 2. The van der Waals surface area contributed by atoms with E-state index in [1.54, 1.807) is 0 Å². The summed E-state index contributed by atoms with van der Waals surface area (Å²) in [5, 5.41) is 3.75. The second-order valence-electron chi connectivity index (χ2n) is 7.72. The SMILES string of the molecule is CC1CCCC2(C1)OCCNC2CCC(C)(C)C. The molecule has 2 rings (SSSR count). The molecule has 3 atom stereocenters. The summed E-state index contributed by atoms with van der Waals surface area (Å²) in [7, 11) is 0. The van der Waals surface area contributed by atoms with Gasteiger partial charge in [-0.3, -0.25) is 0 Å². The summed E-state index contributed by atoms with van der Waals surface area (Å²) in [5.74, 6) is 0.829. The Bertz CT molecular complexity index is 267. The van der Waals surface area contributed by atoms with E-state index < -0.39 is 0 Å². The van der Waals surface area contributed by atoms with Gasteiger partial charge in [-0.25, -0.2) is 0 Å². The predicted molar refractivity (Wildman–Crippen MR) is 76.8 cm³/mol. The highest BCUT2D eigenvalue weighted by molar-refractivity contribution is 4.99. The Hall–Kier alpha value is -0.0800. The Morgan fingerprint density at radius 1 is 1.33 bits per heavy atom. The van der Waals surface area contributed by atoms with Crippen molar-refractivity contribution in [3.63, 3.8) is 0 Å². The maximum Gasteiger partial charge on any atom is 0.0837 e. The molecule has 2 nitrogen and oxygen atoms in total. The van der Waals surface area contributed by atoms with Gasteiger partial charge in [0.2, 0.25) is 0 Å². The monoisotopic (exact) mass is 253 g/mol. The predicted octanol–water partition coefficient (Wildman–Crippen LogP) is 3.75. The van der Waals surface area contributed by atoms with Crippen LogP contribution in [0.25, 0.3) is 0 Å². The van der Waals surface area contributed by atoms with E-state index in [4.69, 9.17) is 4.74 Å². The van der Waals surface area contributed by atoms with Gasteiger partial charge in [0, 0.05) is 12.6 Å². The summed E-state index contributed by atoms with van der Waals surface area (Å²) in [6.07, 6.45) is 7.79. The van der Waals surface area contributed by atoms with Crippen LogP contribution >= 0.6 is 0 Å². The molecule has 1 saturated heterocycles. The second kappa shape index (κ2) is 5.50. The molecule has 1 aliphatic heterocycles. The van der Waals surface area contributed by atoms with Crippen LogP contribution in [0.1, 0.15) is 66.2 Å². The van der Waals surface area contributed by atoms with E-state index in [2.05, 4.69) is 33.0 Å². The topological polar surface area (TPSA) is 21.3 Å². The lowest BCUT2D eigenvalue weighted by Crippen LogP contribution is -2.59. The zero-order chi connectivity index (χ0) is 13.2. The van der Waals surface area contributed by atoms with E-state index in [9.17, 15) is 0 Å². The van der Waals surface area contributed by atoms with Crippen LogP contribution in [0, 0.1) is 11.3 Å². The normalized spacial score (nSPS) is 38.0. The van der Waals surface area contributed by atoms with Crippen LogP contribution in [0.15, 0.2) is 0 Å². The van der Waals surface area contributed by atoms with Gasteiger partial charge in [0.25, 0.3) is 0 Å². The number of morpholine rings is 1. The van der Waals surface area contributed by atoms with Crippen LogP contribution in [-0.4, -0.2) is 24.8 Å². The number of hydrogen-bond acceptors (Lipinski definition) is 2. The van der Waals surface area contributed by atoms with Gasteiger partial charge in [0.05, 0.1) is 12.2 Å². The van der Waals surface area contributed by atoms with Crippen molar-refractivity contribution in [2.45, 2.75) is 77.9 Å². The highest BCUT2D eigenvalue weighted by atomic mass is 16.5. The van der Waals surface area contributed by atoms with Gasteiger partial charge in [-0.15, -0.1) is 0 Å². The smallest absolute Gasteiger partial charge is 0.0837 e. The average molecular weight is 253 g/mol. The zero-order valence-corrected chi connectivity index (χ0v) is 12.7. The van der Waals surface area contributed by atoms with E-state index in [0.717, 1.165) is 19.1 Å². The molecule has 0 aromatic heterocycles. The van der Waals surface area contributed by atoms with Crippen LogP contribution in [-0.2, 0) is 4.74 Å². The van der Waals surface area contributed by atoms with Crippen molar-refractivity contribution < 1.29 is 4.74 Å². The van der Waals surface area contributed by atoms with Gasteiger partial charge in [0.15, 0.2) is 0 Å². The van der Waals surface area contributed by atoms with Gasteiger partial charge in [-0.1, -0.05) is 40.5 Å². The Morgan fingerprint density at radius 3 is 2.78 bits per heavy atom. The Labute approximate surface area is 113 Å². The third-order valence-electron chi connectivity index (χ3n) is 4.69. The molecule has 1 saturated carbocycles. The minimum Gasteiger partial charge on any atom is -0.372 e. The Balaban J connectivity index is 2.01. The summed E-state index contributed by atoms with van der Waals surface area (Å²) >= 11 is 0. The molecule has 0 radical (unpaired) electrons. The molecule has 1 N–H and O–H groups in total. The molecule has 2 aliphatic rings. The lowest BCUT2D eigenvalue weighted by Gasteiger charge is -2.49. The van der Waals surface area contributed by atoms with E-state index in [-0.39, 0.29) is 5.60 Å². The molecule has 0 aromatic carbocycles. The van der Waals surface area contributed by atoms with Crippen molar-refractivity contribution in [3.8, 4) is 0 Å². The number of ether oxygens (including phenoxy) is 1. The van der Waals surface area contributed by atoms with Crippen molar-refractivity contribution >= 4 is 0 Å². The minimum atomic E-state index is 0.154. The van der Waals surface area contributed by atoms with Crippen LogP contribution in [0.3, 0.4) is 0 Å². The first-order valence-electron chi connectivity index (χ1n) is 7.79. The molecule has 3 unspecified atom stereocenters. The maximum atomic E-state index is 6.29. The number of nitrogens with one attached hydrogen (secondary N) is 1. The van der Waals surface area contributed by atoms with Crippen molar-refractivity contribution in [2.75, 3.05) is 13.2 Å². The van der Waals surface area contributed by atoms with E-state index in [1.807, 2.05) is 0 Å². The molecule has 0 amide bonds. The Kier molecular flexibility index (Phi) is 4.38. The molecule has 2 fully saturated rings. The van der Waals surface area contributed by atoms with Crippen LogP contribution < -0.4 is 5.32 Å². The molecule has 1 heterocycles. The van der Waals surface area contributed by atoms with Crippen LogP contribution in [0.5, 0.6) is 0 Å². The van der Waals surface area contributed by atoms with Crippen molar-refractivity contribution in [2.24, 2.45) is 11.3 Å². The van der Waals surface area contributed by atoms with Gasteiger partial charge in [-0.2, -0.15) is 0 Å². The van der Waals surface area contributed by atoms with Gasteiger partial charge in [0.1, 0.15) is 0 Å². The van der Waals surface area contributed by atoms with Gasteiger partial charge >= 0.3 is 0 Å². The molecular formula is C16H31NO. The molecule has 18 heavy (non-hydrogen) atoms. The quantitative estimate of drug-likeness (QED) is 0.809. The lowest BCUT2D eigenvalue weighted by molar-refractivity contribution is -0.129. The molecule has 2 heteroatoms. The van der Waals surface area contributed by atoms with Gasteiger partial charge in [-0.05, 0) is 37.0 Å². The summed E-state index contributed by atoms with van der Waals surface area (Å²) in [6, 6.07) is 0.577. The lowest BCUT2D eigenvalue weighted by atomic mass is 9.72. The molecule has 106 valence electrons. The van der Waals surface area contributed by atoms with E-state index >= 15 is 0 Å². The average Bonchev–Trinajstić information content (AvgIpc) is 2.26. The first kappa shape index (κ1) is 14.3. The minimum absolute atomic E-state index is 0.154. The zero-order valence-electron chi connectivity index (χ0n) is 12.7. The molecule has 1 aliphatic carbocycles. The molecule has 0 aromatic rings. The summed E-state index contributed by atoms with van der Waals surface area (Å²) < 4.78 is 6.29. The van der Waals surface area contributed by atoms with Crippen molar-refractivity contribution in [1.82, 2.24) is 5.32 Å². The largest absolute Gasteiger partial charge is 0.372 e. The maximum absolute atomic E-state index is 6.29. The van der Waals surface area contributed by atoms with Gasteiger partial charge < -0.3 is 10.1 Å². The van der Waals surface area contributed by atoms with Crippen LogP contribution in [0.4, 0.5) is 0 Å².